The van der Waals surface area contributed by atoms with Crippen LogP contribution in [0, 0.1) is 5.82 Å². The van der Waals surface area contributed by atoms with Crippen molar-refractivity contribution in [1.82, 2.24) is 4.90 Å². The van der Waals surface area contributed by atoms with Gasteiger partial charge in [0.15, 0.2) is 12.5 Å². The molecule has 2 fully saturated rings. The minimum absolute atomic E-state index is 0.212. The smallest absolute Gasteiger partial charge is 0.324 e. The number of amides is 2. The van der Waals surface area contributed by atoms with Gasteiger partial charge in [-0.1, -0.05) is 0 Å². The predicted octanol–water partition coefficient (Wildman–Crippen LogP) is 0.420. The number of carbonyl (C=O) groups excluding carboxylic acids is 2. The number of halogens is 1. The summed E-state index contributed by atoms with van der Waals surface area (Å²) in [6, 6.07) is 4.20. The van der Waals surface area contributed by atoms with Crippen molar-refractivity contribution in [3.63, 3.8) is 0 Å². The molecule has 1 unspecified atom stereocenters. The van der Waals surface area contributed by atoms with Crippen molar-refractivity contribution in [2.75, 3.05) is 43.1 Å². The molecule has 2 heterocycles. The van der Waals surface area contributed by atoms with Crippen molar-refractivity contribution in [3.05, 3.63) is 24.0 Å². The molecule has 0 saturated carbocycles. The molecule has 2 amide bonds. The van der Waals surface area contributed by atoms with Crippen LogP contribution in [0.25, 0.3) is 0 Å². The van der Waals surface area contributed by atoms with Gasteiger partial charge >= 0.3 is 6.03 Å². The molecule has 1 aromatic carbocycles. The van der Waals surface area contributed by atoms with Crippen molar-refractivity contribution >= 4 is 23.7 Å². The Labute approximate surface area is 132 Å². The number of hydrogen-bond acceptors (Lipinski definition) is 5. The Kier molecular flexibility index (Phi) is 4.18. The molecule has 3 rings (SSSR count). The standard InChI is InChI=1S/C15H18FN3O4/c1-17-4-5-18(15(17)22)13-3-2-10(6-12(13)16)19-7-11(8-20)23-14(19)9-21/h2-3,6,9,11,14,20H,4-5,7-8H2,1H3/t11-,14?/m1/s1. The van der Waals surface area contributed by atoms with Gasteiger partial charge in [0.2, 0.25) is 0 Å². The number of ether oxygens (including phenoxy) is 1. The van der Waals surface area contributed by atoms with Gasteiger partial charge in [-0.2, -0.15) is 0 Å². The highest BCUT2D eigenvalue weighted by atomic mass is 19.1. The minimum Gasteiger partial charge on any atom is -0.394 e. The molecule has 23 heavy (non-hydrogen) atoms. The highest BCUT2D eigenvalue weighted by molar-refractivity contribution is 5.94. The second kappa shape index (κ2) is 6.13. The maximum Gasteiger partial charge on any atom is 0.324 e. The molecule has 7 nitrogen and oxygen atoms in total. The SMILES string of the molecule is CN1CCN(c2ccc(N3C[C@H](CO)OC3C=O)cc2F)C1=O. The lowest BCUT2D eigenvalue weighted by Crippen LogP contribution is -2.32. The molecular weight excluding hydrogens is 305 g/mol. The highest BCUT2D eigenvalue weighted by Crippen LogP contribution is 2.30. The van der Waals surface area contributed by atoms with Crippen molar-refractivity contribution in [3.8, 4) is 0 Å². The van der Waals surface area contributed by atoms with E-state index in [0.29, 0.717) is 31.6 Å². The number of nitrogens with zero attached hydrogens (tertiary/aromatic N) is 3. The Morgan fingerprint density at radius 1 is 1.43 bits per heavy atom. The summed E-state index contributed by atoms with van der Waals surface area (Å²) in [5.74, 6) is -0.539. The fourth-order valence-corrected chi connectivity index (χ4v) is 2.86. The second-order valence-corrected chi connectivity index (χ2v) is 5.61. The zero-order chi connectivity index (χ0) is 16.6. The van der Waals surface area contributed by atoms with E-state index in [4.69, 9.17) is 9.84 Å². The Hall–Kier alpha value is -2.19. The van der Waals surface area contributed by atoms with Crippen LogP contribution < -0.4 is 9.80 Å². The van der Waals surface area contributed by atoms with Gasteiger partial charge in [-0.25, -0.2) is 9.18 Å². The van der Waals surface area contributed by atoms with Crippen molar-refractivity contribution < 1.29 is 23.8 Å². The number of rotatable bonds is 4. The quantitative estimate of drug-likeness (QED) is 0.813. The Morgan fingerprint density at radius 3 is 2.78 bits per heavy atom. The van der Waals surface area contributed by atoms with Crippen LogP contribution in [0.3, 0.4) is 0 Å². The van der Waals surface area contributed by atoms with Gasteiger partial charge in [0.1, 0.15) is 11.9 Å². The number of hydrogen-bond donors (Lipinski definition) is 1. The van der Waals surface area contributed by atoms with Gasteiger partial charge < -0.3 is 19.6 Å². The van der Waals surface area contributed by atoms with Gasteiger partial charge in [-0.05, 0) is 18.2 Å². The Balaban J connectivity index is 1.85. The maximum absolute atomic E-state index is 14.4. The summed E-state index contributed by atoms with van der Waals surface area (Å²) < 4.78 is 19.8. The van der Waals surface area contributed by atoms with Crippen LogP contribution in [0.4, 0.5) is 20.6 Å². The van der Waals surface area contributed by atoms with E-state index in [0.717, 1.165) is 0 Å². The molecule has 8 heteroatoms. The van der Waals surface area contributed by atoms with Crippen LogP contribution in [0.5, 0.6) is 0 Å². The summed E-state index contributed by atoms with van der Waals surface area (Å²) in [5, 5.41) is 9.15. The summed E-state index contributed by atoms with van der Waals surface area (Å²) in [5.41, 5.74) is 0.684. The van der Waals surface area contributed by atoms with Gasteiger partial charge in [-0.3, -0.25) is 9.69 Å². The molecule has 0 radical (unpaired) electrons. The minimum atomic E-state index is -0.850. The van der Waals surface area contributed by atoms with Gasteiger partial charge in [0.25, 0.3) is 0 Å². The first-order chi connectivity index (χ1) is 11.0. The number of benzene rings is 1. The van der Waals surface area contributed by atoms with Crippen molar-refractivity contribution in [2.45, 2.75) is 12.3 Å². The predicted molar refractivity (Wildman–Crippen MR) is 80.9 cm³/mol. The summed E-state index contributed by atoms with van der Waals surface area (Å²) in [7, 11) is 1.67. The molecule has 2 aliphatic heterocycles. The molecule has 1 N–H and O–H groups in total. The lowest BCUT2D eigenvalue weighted by Gasteiger charge is -2.23. The summed E-state index contributed by atoms with van der Waals surface area (Å²) in [6.45, 7) is 1.06. The second-order valence-electron chi connectivity index (χ2n) is 5.61. The van der Waals surface area contributed by atoms with E-state index in [2.05, 4.69) is 0 Å². The fourth-order valence-electron chi connectivity index (χ4n) is 2.86. The molecule has 0 aliphatic carbocycles. The van der Waals surface area contributed by atoms with E-state index in [9.17, 15) is 14.0 Å². The Bertz CT molecular complexity index is 627. The first kappa shape index (κ1) is 15.7. The maximum atomic E-state index is 14.4. The normalized spacial score (nSPS) is 24.7. The number of carbonyl (C=O) groups is 2. The van der Waals surface area contributed by atoms with E-state index >= 15 is 0 Å². The van der Waals surface area contributed by atoms with Crippen molar-refractivity contribution in [1.29, 1.82) is 0 Å². The van der Waals surface area contributed by atoms with E-state index in [1.54, 1.807) is 18.0 Å². The van der Waals surface area contributed by atoms with Gasteiger partial charge in [-0.15, -0.1) is 0 Å². The largest absolute Gasteiger partial charge is 0.394 e. The number of aliphatic hydroxyl groups excluding tert-OH is 1. The molecule has 0 aromatic heterocycles. The van der Waals surface area contributed by atoms with Gasteiger partial charge in [0.05, 0.1) is 12.3 Å². The first-order valence-electron chi connectivity index (χ1n) is 7.35. The summed E-state index contributed by atoms with van der Waals surface area (Å²) in [6.07, 6.45) is -0.723. The lowest BCUT2D eigenvalue weighted by atomic mass is 10.2. The Morgan fingerprint density at radius 2 is 2.22 bits per heavy atom. The number of aliphatic hydroxyl groups is 1. The molecule has 124 valence electrons. The molecule has 1 aromatic rings. The third kappa shape index (κ3) is 2.75. The summed E-state index contributed by atoms with van der Waals surface area (Å²) >= 11 is 0. The number of anilines is 2. The third-order valence-corrected chi connectivity index (χ3v) is 4.13. The van der Waals surface area contributed by atoms with E-state index < -0.39 is 18.1 Å². The number of likely N-dealkylation sites (N-methyl/N-ethyl adjacent to an activating group) is 1. The van der Waals surface area contributed by atoms with Crippen LogP contribution in [0.2, 0.25) is 0 Å². The molecule has 2 aliphatic rings. The molecule has 2 atom stereocenters. The van der Waals surface area contributed by atoms with E-state index in [1.807, 2.05) is 0 Å². The number of aldehydes is 1. The van der Waals surface area contributed by atoms with Crippen LogP contribution >= 0.6 is 0 Å². The zero-order valence-corrected chi connectivity index (χ0v) is 12.7. The average molecular weight is 323 g/mol. The molecule has 0 spiro atoms. The van der Waals surface area contributed by atoms with Crippen LogP contribution in [-0.2, 0) is 9.53 Å². The third-order valence-electron chi connectivity index (χ3n) is 4.13. The van der Waals surface area contributed by atoms with Crippen LogP contribution in [0.15, 0.2) is 18.2 Å². The highest BCUT2D eigenvalue weighted by Gasteiger charge is 2.33. The lowest BCUT2D eigenvalue weighted by molar-refractivity contribution is -0.117. The summed E-state index contributed by atoms with van der Waals surface area (Å²) in [4.78, 5) is 27.5. The van der Waals surface area contributed by atoms with Crippen LogP contribution in [0.1, 0.15) is 0 Å². The molecule has 0 bridgehead atoms. The first-order valence-corrected chi connectivity index (χ1v) is 7.35. The number of urea groups is 1. The van der Waals surface area contributed by atoms with Gasteiger partial charge in [0, 0.05) is 32.4 Å². The fraction of sp³-hybridized carbons (Fsp3) is 0.467. The molecule has 2 saturated heterocycles. The zero-order valence-electron chi connectivity index (χ0n) is 12.7. The van der Waals surface area contributed by atoms with E-state index in [1.165, 1.54) is 21.9 Å². The van der Waals surface area contributed by atoms with E-state index in [-0.39, 0.29) is 18.3 Å². The topological polar surface area (TPSA) is 73.3 Å². The average Bonchev–Trinajstić information content (AvgIpc) is 3.12. The monoisotopic (exact) mass is 323 g/mol. The molecular formula is C15H18FN3O4. The van der Waals surface area contributed by atoms with Crippen molar-refractivity contribution in [2.24, 2.45) is 0 Å². The van der Waals surface area contributed by atoms with Crippen LogP contribution in [-0.4, -0.2) is 67.9 Å².